The van der Waals surface area contributed by atoms with E-state index in [1.165, 1.54) is 20.3 Å². The van der Waals surface area contributed by atoms with Crippen LogP contribution in [0.1, 0.15) is 18.9 Å². The molecule has 0 aliphatic carbocycles. The summed E-state index contributed by atoms with van der Waals surface area (Å²) in [5.74, 6) is 1.18. The van der Waals surface area contributed by atoms with Crippen LogP contribution in [-0.4, -0.2) is 48.8 Å². The molecule has 0 radical (unpaired) electrons. The Kier molecular flexibility index (Phi) is 9.44. The minimum absolute atomic E-state index is 0.384. The lowest BCUT2D eigenvalue weighted by Crippen LogP contribution is -2.40. The molecular weight excluding hydrogens is 410 g/mol. The Morgan fingerprint density at radius 2 is 2.08 bits per heavy atom. The third-order valence-corrected chi connectivity index (χ3v) is 4.77. The molecule has 1 unspecified atom stereocenters. The van der Waals surface area contributed by atoms with Crippen molar-refractivity contribution >= 4 is 45.6 Å². The molecule has 138 valence electrons. The van der Waals surface area contributed by atoms with E-state index in [1.807, 2.05) is 6.92 Å². The van der Waals surface area contributed by atoms with E-state index in [4.69, 9.17) is 9.47 Å². The number of rotatable bonds is 10. The number of carbonyl (C=O) groups excluding carboxylic acids is 1. The van der Waals surface area contributed by atoms with E-state index in [9.17, 15) is 14.7 Å². The highest BCUT2D eigenvalue weighted by Gasteiger charge is 2.18. The monoisotopic (exact) mass is 431 g/mol. The van der Waals surface area contributed by atoms with E-state index in [1.54, 1.807) is 30.0 Å². The summed E-state index contributed by atoms with van der Waals surface area (Å²) in [6.07, 6.45) is 3.27. The van der Waals surface area contributed by atoms with Gasteiger partial charge < -0.3 is 19.9 Å². The molecule has 0 saturated heterocycles. The van der Waals surface area contributed by atoms with Gasteiger partial charge in [0.1, 0.15) is 6.04 Å². The second kappa shape index (κ2) is 11.0. The van der Waals surface area contributed by atoms with Crippen LogP contribution in [0.25, 0.3) is 6.08 Å². The van der Waals surface area contributed by atoms with Gasteiger partial charge in [-0.1, -0.05) is 6.92 Å². The SMILES string of the molecule is CCSCCC(NC(=O)/C=C/c1cc(Br)c(OC)c(OC)c1)C(=O)O. The summed E-state index contributed by atoms with van der Waals surface area (Å²) in [6.45, 7) is 2.00. The van der Waals surface area contributed by atoms with Crippen molar-refractivity contribution < 1.29 is 24.2 Å². The fourth-order valence-corrected chi connectivity index (χ4v) is 3.34. The predicted octanol–water partition coefficient (Wildman–Crippen LogP) is 3.19. The van der Waals surface area contributed by atoms with Crippen LogP contribution in [0.5, 0.6) is 11.5 Å². The Morgan fingerprint density at radius 1 is 1.36 bits per heavy atom. The summed E-state index contributed by atoms with van der Waals surface area (Å²) in [5, 5.41) is 11.7. The van der Waals surface area contributed by atoms with Crippen LogP contribution in [0.2, 0.25) is 0 Å². The molecule has 6 nitrogen and oxygen atoms in total. The number of carboxylic acid groups (broad SMARTS) is 1. The highest BCUT2D eigenvalue weighted by Crippen LogP contribution is 2.36. The molecular formula is C17H22BrNO5S. The van der Waals surface area contributed by atoms with Gasteiger partial charge in [0, 0.05) is 6.08 Å². The van der Waals surface area contributed by atoms with Crippen molar-refractivity contribution in [1.29, 1.82) is 0 Å². The Labute approximate surface area is 160 Å². The van der Waals surface area contributed by atoms with E-state index in [2.05, 4.69) is 21.2 Å². The van der Waals surface area contributed by atoms with Crippen LogP contribution in [-0.2, 0) is 9.59 Å². The molecule has 0 bridgehead atoms. The number of halogens is 1. The normalized spacial score (nSPS) is 12.0. The highest BCUT2D eigenvalue weighted by atomic mass is 79.9. The number of thioether (sulfide) groups is 1. The minimum atomic E-state index is -1.03. The standard InChI is InChI=1S/C17H22BrNO5S/c1-4-25-8-7-13(17(21)22)19-15(20)6-5-11-9-12(18)16(24-3)14(10-11)23-2/h5-6,9-10,13H,4,7-8H2,1-3H3,(H,19,20)(H,21,22)/b6-5+. The molecule has 2 N–H and O–H groups in total. The van der Waals surface area contributed by atoms with Crippen molar-refractivity contribution in [3.8, 4) is 11.5 Å². The van der Waals surface area contributed by atoms with Crippen molar-refractivity contribution in [2.45, 2.75) is 19.4 Å². The molecule has 25 heavy (non-hydrogen) atoms. The quantitative estimate of drug-likeness (QED) is 0.437. The van der Waals surface area contributed by atoms with Gasteiger partial charge in [0.25, 0.3) is 0 Å². The van der Waals surface area contributed by atoms with Gasteiger partial charge in [0.05, 0.1) is 18.7 Å². The van der Waals surface area contributed by atoms with Gasteiger partial charge in [-0.3, -0.25) is 4.79 Å². The third kappa shape index (κ3) is 6.99. The maximum Gasteiger partial charge on any atom is 0.326 e. The topological polar surface area (TPSA) is 84.9 Å². The van der Waals surface area contributed by atoms with Gasteiger partial charge in [-0.25, -0.2) is 4.79 Å². The van der Waals surface area contributed by atoms with Crippen LogP contribution >= 0.6 is 27.7 Å². The smallest absolute Gasteiger partial charge is 0.326 e. The molecule has 8 heteroatoms. The fraction of sp³-hybridized carbons (Fsp3) is 0.412. The molecule has 1 amide bonds. The van der Waals surface area contributed by atoms with E-state index in [-0.39, 0.29) is 0 Å². The molecule has 1 aromatic rings. The largest absolute Gasteiger partial charge is 0.493 e. The zero-order valence-corrected chi connectivity index (χ0v) is 16.8. The molecule has 0 aliphatic rings. The molecule has 1 rings (SSSR count). The summed E-state index contributed by atoms with van der Waals surface area (Å²) in [5.41, 5.74) is 0.716. The van der Waals surface area contributed by atoms with Gasteiger partial charge in [0.15, 0.2) is 11.5 Å². The van der Waals surface area contributed by atoms with Crippen LogP contribution in [0.4, 0.5) is 0 Å². The first-order valence-electron chi connectivity index (χ1n) is 7.63. The number of nitrogens with one attached hydrogen (secondary N) is 1. The van der Waals surface area contributed by atoms with E-state index < -0.39 is 17.9 Å². The average molecular weight is 432 g/mol. The molecule has 0 spiro atoms. The molecule has 0 aromatic heterocycles. The zero-order chi connectivity index (χ0) is 18.8. The second-order valence-corrected chi connectivity index (χ2v) is 7.20. The van der Waals surface area contributed by atoms with Crippen molar-refractivity contribution in [2.24, 2.45) is 0 Å². The summed E-state index contributed by atoms with van der Waals surface area (Å²) in [7, 11) is 3.06. The molecule has 0 heterocycles. The first-order valence-corrected chi connectivity index (χ1v) is 9.58. The Bertz CT molecular complexity index is 636. The number of methoxy groups -OCH3 is 2. The number of carbonyl (C=O) groups is 2. The molecule has 1 aromatic carbocycles. The second-order valence-electron chi connectivity index (χ2n) is 4.96. The van der Waals surface area contributed by atoms with Crippen molar-refractivity contribution in [3.63, 3.8) is 0 Å². The van der Waals surface area contributed by atoms with Gasteiger partial charge in [-0.2, -0.15) is 11.8 Å². The maximum absolute atomic E-state index is 12.0. The fourth-order valence-electron chi connectivity index (χ4n) is 2.03. The Balaban J connectivity index is 2.78. The lowest BCUT2D eigenvalue weighted by molar-refractivity contribution is -0.141. The van der Waals surface area contributed by atoms with Crippen molar-refractivity contribution in [1.82, 2.24) is 5.32 Å². The zero-order valence-electron chi connectivity index (χ0n) is 14.4. The summed E-state index contributed by atoms with van der Waals surface area (Å²) in [4.78, 5) is 23.2. The number of benzene rings is 1. The first kappa shape index (κ1) is 21.4. The molecule has 0 aliphatic heterocycles. The highest BCUT2D eigenvalue weighted by molar-refractivity contribution is 9.10. The van der Waals surface area contributed by atoms with Crippen molar-refractivity contribution in [2.75, 3.05) is 25.7 Å². The van der Waals surface area contributed by atoms with Gasteiger partial charge in [0.2, 0.25) is 5.91 Å². The Hall–Kier alpha value is -1.67. The van der Waals surface area contributed by atoms with Crippen LogP contribution in [0.15, 0.2) is 22.7 Å². The number of hydrogen-bond acceptors (Lipinski definition) is 5. The number of aliphatic carboxylic acids is 1. The number of ether oxygens (including phenoxy) is 2. The average Bonchev–Trinajstić information content (AvgIpc) is 2.58. The summed E-state index contributed by atoms with van der Waals surface area (Å²) < 4.78 is 11.2. The lowest BCUT2D eigenvalue weighted by atomic mass is 10.1. The van der Waals surface area contributed by atoms with Gasteiger partial charge in [-0.15, -0.1) is 0 Å². The number of carboxylic acids is 1. The molecule has 1 atom stereocenters. The summed E-state index contributed by atoms with van der Waals surface area (Å²) in [6, 6.07) is 2.60. The molecule has 0 saturated carbocycles. The molecule has 0 fully saturated rings. The van der Waals surface area contributed by atoms with Gasteiger partial charge >= 0.3 is 5.97 Å². The van der Waals surface area contributed by atoms with Crippen LogP contribution in [0, 0.1) is 0 Å². The lowest BCUT2D eigenvalue weighted by Gasteiger charge is -2.13. The van der Waals surface area contributed by atoms with Gasteiger partial charge in [-0.05, 0) is 57.6 Å². The van der Waals surface area contributed by atoms with E-state index in [0.717, 1.165) is 5.75 Å². The van der Waals surface area contributed by atoms with Crippen molar-refractivity contribution in [3.05, 3.63) is 28.2 Å². The van der Waals surface area contributed by atoms with E-state index >= 15 is 0 Å². The minimum Gasteiger partial charge on any atom is -0.493 e. The third-order valence-electron chi connectivity index (χ3n) is 3.25. The maximum atomic E-state index is 12.0. The predicted molar refractivity (Wildman–Crippen MR) is 103 cm³/mol. The van der Waals surface area contributed by atoms with Crippen LogP contribution in [0.3, 0.4) is 0 Å². The Morgan fingerprint density at radius 3 is 2.64 bits per heavy atom. The van der Waals surface area contributed by atoms with E-state index in [0.29, 0.717) is 33.7 Å². The van der Waals surface area contributed by atoms with Crippen LogP contribution < -0.4 is 14.8 Å². The first-order chi connectivity index (χ1) is 11.9. The number of hydrogen-bond donors (Lipinski definition) is 2. The number of amides is 1. The summed E-state index contributed by atoms with van der Waals surface area (Å²) >= 11 is 5.02.